The van der Waals surface area contributed by atoms with Gasteiger partial charge in [0.25, 0.3) is 0 Å². The third-order valence-electron chi connectivity index (χ3n) is 3.33. The normalized spacial score (nSPS) is 10.5. The molecule has 0 amide bonds. The molecule has 100 valence electrons. The van der Waals surface area contributed by atoms with Gasteiger partial charge in [-0.2, -0.15) is 0 Å². The van der Waals surface area contributed by atoms with Gasteiger partial charge in [-0.15, -0.1) is 11.6 Å². The second kappa shape index (κ2) is 6.12. The van der Waals surface area contributed by atoms with Crippen LogP contribution in [0.4, 0.5) is 5.69 Å². The van der Waals surface area contributed by atoms with Crippen molar-refractivity contribution in [3.8, 4) is 0 Å². The van der Waals surface area contributed by atoms with Crippen molar-refractivity contribution in [2.75, 3.05) is 11.9 Å². The molecule has 0 aliphatic rings. The summed E-state index contributed by atoms with van der Waals surface area (Å²) in [6.45, 7) is 5.19. The van der Waals surface area contributed by atoms with Gasteiger partial charge in [-0.3, -0.25) is 0 Å². The van der Waals surface area contributed by atoms with E-state index in [1.54, 1.807) is 0 Å². The molecule has 0 N–H and O–H groups in total. The lowest BCUT2D eigenvalue weighted by atomic mass is 10.1. The summed E-state index contributed by atoms with van der Waals surface area (Å²) in [5, 5.41) is 0. The number of hydrogen-bond donors (Lipinski definition) is 0. The van der Waals surface area contributed by atoms with Crippen LogP contribution in [-0.4, -0.2) is 7.05 Å². The van der Waals surface area contributed by atoms with Gasteiger partial charge < -0.3 is 4.90 Å². The quantitative estimate of drug-likeness (QED) is 0.731. The maximum absolute atomic E-state index is 5.86. The molecule has 0 unspecified atom stereocenters. The average molecular weight is 274 g/mol. The van der Waals surface area contributed by atoms with Gasteiger partial charge in [-0.1, -0.05) is 42.0 Å². The lowest BCUT2D eigenvalue weighted by Gasteiger charge is -2.22. The van der Waals surface area contributed by atoms with Gasteiger partial charge in [0.2, 0.25) is 0 Å². The highest BCUT2D eigenvalue weighted by Gasteiger charge is 2.06. The van der Waals surface area contributed by atoms with Crippen LogP contribution in [0.5, 0.6) is 0 Å². The first-order valence-corrected chi connectivity index (χ1v) is 7.06. The van der Waals surface area contributed by atoms with Crippen LogP contribution < -0.4 is 4.90 Å². The molecule has 0 bridgehead atoms. The summed E-state index contributed by atoms with van der Waals surface area (Å²) in [6, 6.07) is 15.1. The Morgan fingerprint density at radius 2 is 1.79 bits per heavy atom. The zero-order chi connectivity index (χ0) is 13.8. The van der Waals surface area contributed by atoms with Gasteiger partial charge >= 0.3 is 0 Å². The van der Waals surface area contributed by atoms with Gasteiger partial charge in [0.1, 0.15) is 0 Å². The van der Waals surface area contributed by atoms with Crippen molar-refractivity contribution in [1.29, 1.82) is 0 Å². The lowest BCUT2D eigenvalue weighted by Crippen LogP contribution is -2.17. The Kier molecular flexibility index (Phi) is 4.49. The highest BCUT2D eigenvalue weighted by Crippen LogP contribution is 2.22. The summed E-state index contributed by atoms with van der Waals surface area (Å²) in [5.41, 5.74) is 6.35. The second-order valence-electron chi connectivity index (χ2n) is 5.10. The van der Waals surface area contributed by atoms with Crippen LogP contribution in [0.2, 0.25) is 0 Å². The standard InChI is InChI=1S/C17H20ClN/c1-13-5-4-6-16(9-13)12-19(3)17-8-7-15(11-18)10-14(17)2/h4-10H,11-12H2,1-3H3. The topological polar surface area (TPSA) is 3.24 Å². The molecule has 0 aromatic heterocycles. The first-order chi connectivity index (χ1) is 9.10. The minimum absolute atomic E-state index is 0.572. The van der Waals surface area contributed by atoms with E-state index in [1.807, 2.05) is 0 Å². The van der Waals surface area contributed by atoms with E-state index < -0.39 is 0 Å². The van der Waals surface area contributed by atoms with E-state index in [0.717, 1.165) is 6.54 Å². The van der Waals surface area contributed by atoms with E-state index in [9.17, 15) is 0 Å². The fourth-order valence-corrected chi connectivity index (χ4v) is 2.56. The second-order valence-corrected chi connectivity index (χ2v) is 5.37. The van der Waals surface area contributed by atoms with Crippen molar-refractivity contribution in [1.82, 2.24) is 0 Å². The van der Waals surface area contributed by atoms with Crippen LogP contribution in [0.1, 0.15) is 22.3 Å². The third-order valence-corrected chi connectivity index (χ3v) is 3.64. The molecule has 2 rings (SSSR count). The van der Waals surface area contributed by atoms with Crippen LogP contribution in [0.25, 0.3) is 0 Å². The first kappa shape index (κ1) is 14.0. The molecule has 2 aromatic carbocycles. The molecule has 2 heteroatoms. The Hall–Kier alpha value is -1.47. The maximum atomic E-state index is 5.86. The van der Waals surface area contributed by atoms with Crippen molar-refractivity contribution in [3.05, 3.63) is 64.7 Å². The summed E-state index contributed by atoms with van der Waals surface area (Å²) >= 11 is 5.86. The number of halogens is 1. The molecule has 0 spiro atoms. The minimum Gasteiger partial charge on any atom is -0.370 e. The van der Waals surface area contributed by atoms with E-state index in [-0.39, 0.29) is 0 Å². The zero-order valence-electron chi connectivity index (χ0n) is 11.8. The highest BCUT2D eigenvalue weighted by atomic mass is 35.5. The summed E-state index contributed by atoms with van der Waals surface area (Å²) in [4.78, 5) is 2.28. The summed E-state index contributed by atoms with van der Waals surface area (Å²) in [6.07, 6.45) is 0. The van der Waals surface area contributed by atoms with Crippen LogP contribution in [0.15, 0.2) is 42.5 Å². The molecule has 0 atom stereocenters. The highest BCUT2D eigenvalue weighted by molar-refractivity contribution is 6.17. The molecular formula is C17H20ClN. The van der Waals surface area contributed by atoms with Gasteiger partial charge in [0.05, 0.1) is 0 Å². The van der Waals surface area contributed by atoms with Crippen LogP contribution in [0, 0.1) is 13.8 Å². The van der Waals surface area contributed by atoms with Gasteiger partial charge in [-0.25, -0.2) is 0 Å². The molecule has 0 fully saturated rings. The van der Waals surface area contributed by atoms with Crippen molar-refractivity contribution < 1.29 is 0 Å². The van der Waals surface area contributed by atoms with Crippen LogP contribution in [0.3, 0.4) is 0 Å². The van der Waals surface area contributed by atoms with E-state index in [2.05, 4.69) is 68.3 Å². The lowest BCUT2D eigenvalue weighted by molar-refractivity contribution is 0.915. The van der Waals surface area contributed by atoms with Gasteiger partial charge in [0.15, 0.2) is 0 Å². The Morgan fingerprint density at radius 3 is 2.42 bits per heavy atom. The van der Waals surface area contributed by atoms with Crippen molar-refractivity contribution in [3.63, 3.8) is 0 Å². The van der Waals surface area contributed by atoms with Crippen molar-refractivity contribution in [2.45, 2.75) is 26.3 Å². The first-order valence-electron chi connectivity index (χ1n) is 6.52. The summed E-state index contributed by atoms with van der Waals surface area (Å²) < 4.78 is 0. The molecular weight excluding hydrogens is 254 g/mol. The molecule has 2 aromatic rings. The molecule has 19 heavy (non-hydrogen) atoms. The molecule has 1 nitrogen and oxygen atoms in total. The number of nitrogens with zero attached hydrogens (tertiary/aromatic N) is 1. The van der Waals surface area contributed by atoms with Crippen LogP contribution in [-0.2, 0) is 12.4 Å². The zero-order valence-corrected chi connectivity index (χ0v) is 12.5. The smallest absolute Gasteiger partial charge is 0.0474 e. The third kappa shape index (κ3) is 3.51. The summed E-state index contributed by atoms with van der Waals surface area (Å²) in [5.74, 6) is 0.572. The molecule has 0 heterocycles. The SMILES string of the molecule is Cc1cccc(CN(C)c2ccc(CCl)cc2C)c1. The molecule has 0 aliphatic heterocycles. The van der Waals surface area contributed by atoms with Crippen LogP contribution >= 0.6 is 11.6 Å². The van der Waals surface area contributed by atoms with Crippen molar-refractivity contribution >= 4 is 17.3 Å². The number of hydrogen-bond acceptors (Lipinski definition) is 1. The monoisotopic (exact) mass is 273 g/mol. The Bertz CT molecular complexity index is 563. The van der Waals surface area contributed by atoms with Gasteiger partial charge in [0, 0.05) is 25.2 Å². The minimum atomic E-state index is 0.572. The largest absolute Gasteiger partial charge is 0.370 e. The average Bonchev–Trinajstić information content (AvgIpc) is 2.38. The molecule has 0 aliphatic carbocycles. The van der Waals surface area contributed by atoms with E-state index in [0.29, 0.717) is 5.88 Å². The summed E-state index contributed by atoms with van der Waals surface area (Å²) in [7, 11) is 2.13. The Balaban J connectivity index is 2.18. The Labute approximate surface area is 120 Å². The fourth-order valence-electron chi connectivity index (χ4n) is 2.40. The molecule has 0 saturated heterocycles. The maximum Gasteiger partial charge on any atom is 0.0474 e. The number of alkyl halides is 1. The van der Waals surface area contributed by atoms with Gasteiger partial charge in [-0.05, 0) is 36.6 Å². The molecule has 0 radical (unpaired) electrons. The van der Waals surface area contributed by atoms with Crippen molar-refractivity contribution in [2.24, 2.45) is 0 Å². The van der Waals surface area contributed by atoms with E-state index >= 15 is 0 Å². The van der Waals surface area contributed by atoms with E-state index in [4.69, 9.17) is 11.6 Å². The Morgan fingerprint density at radius 1 is 1.00 bits per heavy atom. The number of benzene rings is 2. The predicted molar refractivity (Wildman–Crippen MR) is 84.0 cm³/mol. The fraction of sp³-hybridized carbons (Fsp3) is 0.294. The number of aryl methyl sites for hydroxylation is 2. The molecule has 0 saturated carbocycles. The predicted octanol–water partition coefficient (Wildman–Crippen LogP) is 4.68. The van der Waals surface area contributed by atoms with E-state index in [1.165, 1.54) is 27.9 Å². The number of anilines is 1. The number of rotatable bonds is 4.